The molecule has 3 fully saturated rings. The zero-order valence-corrected chi connectivity index (χ0v) is 113. The minimum atomic E-state index is -0.972. The first-order valence-corrected chi connectivity index (χ1v) is 75.5. The Hall–Kier alpha value is 0.829. The number of benzene rings is 3. The molecule has 3 aliphatic carbocycles. The summed E-state index contributed by atoms with van der Waals surface area (Å²) in [6.07, 6.45) is 16.7. The molecule has 760 valence electrons. The van der Waals surface area contributed by atoms with Crippen LogP contribution in [0.2, 0.25) is 15.1 Å². The van der Waals surface area contributed by atoms with Crippen molar-refractivity contribution >= 4 is 316 Å². The Morgan fingerprint density at radius 2 is 0.719 bits per heavy atom. The van der Waals surface area contributed by atoms with Gasteiger partial charge in [0.1, 0.15) is 13.2 Å². The molecular weight excluding hydrogens is 3330 g/mol. The van der Waals surface area contributed by atoms with Crippen molar-refractivity contribution in [3.8, 4) is 51.6 Å². The fourth-order valence-electron chi connectivity index (χ4n) is 10.9. The largest absolute Gasteiger partial charge is 0 e. The number of carboxylic acid groups (broad SMARTS) is 1. The Labute approximate surface area is 1050 Å². The van der Waals surface area contributed by atoms with Crippen LogP contribution in [-0.2, 0) is 221 Å². The van der Waals surface area contributed by atoms with Crippen LogP contribution in [0.1, 0.15) is 172 Å². The number of aliphatic hydroxyl groups excluding tert-OH is 1. The first-order valence-electron chi connectivity index (χ1n) is 39.6. The molecule has 3 saturated carbocycles. The standard InChI is InChI=1S/C23H23ClN3O6.C22H22ClN3O6.C15H11ClN3O.2C8H13ClO5.C6H12O3.CH3I.8HI.4V.3Y/c1-31-20(28)4-2-3-9-32-22(30)33-13-18(23(14-25)7-8-23)21(29)17-10-15(5-6-19(17)24)16-11-26-27-12-16;23-18-5-4-14(15-10-25-26-11-15)9-16(18)20(29)17(22(13-24)6-7-22)12-32-21(30)31-8-2-1-3-19(27)28;16-13-2-1-10(11-7-18-19-8-11)5-12(13)14(20)6-15(9-17)3-4-15;2*1-12-7(10)4-2-3-5-13-8(11)14-6-9;1-9-6(8)4-2-3-5-7;1-2;;;;;;;;;;;;;;;/h5-6,10-12,18H,2-4,7-9,13H2,1H3;4-5,9-11,17H,1-3,6-8,12H2,(H2,25,26,27,28);1-2,5,7-8H,3-4,6H2;2*2-6H2,1H3;7H,2-5H2,1H3;1H3;8*1H;;;;;;;/q-1;;-1;;;;;;;;;;;;;;2*+2;+3;;;/p-8. The Kier molecular flexibility index (Phi) is 100. The molecule has 2 atom stereocenters. The number of aromatic nitrogens is 6. The zero-order valence-electron chi connectivity index (χ0n) is 75.3. The monoisotopic (exact) mass is 3420 g/mol. The van der Waals surface area contributed by atoms with Crippen LogP contribution in [0.4, 0.5) is 19.2 Å². The summed E-state index contributed by atoms with van der Waals surface area (Å²) in [7, 11) is 6.58. The third kappa shape index (κ3) is 68.5. The molecule has 0 saturated heterocycles. The number of ketones is 3. The maximum Gasteiger partial charge on any atom is 0 e. The summed E-state index contributed by atoms with van der Waals surface area (Å²) in [5.41, 5.74) is 3.20. The SMILES string of the molecule is CI.COC(=O)CCCCO.COC(=O)CCCCOC(=O)OCC(C(=O)c1cc(-c2cn[n-]c2)ccc1Cl)C1(C#N)CC1.COC(=O)CCCCOC(=O)OCCl.COC(=O)CCCCOC(=O)OCCl.I.N#CC1(C(COC(=O)OCCCCC(=O)O)C(=O)c2cc(-c3cn[n-]c3)ccc2Cl)CC1.N#CC1(CC(=O)c2cc(-c3cn[n-]c3)ccc2Cl)CC1.[I][V]([I])[I].[I][V][I].[I][V][I].[V].[Y].[Y].[Y]. The van der Waals surface area contributed by atoms with E-state index in [0.717, 1.165) is 35.1 Å². The van der Waals surface area contributed by atoms with E-state index in [1.165, 1.54) is 28.4 Å². The van der Waals surface area contributed by atoms with Crippen molar-refractivity contribution in [2.75, 3.05) is 91.7 Å². The molecule has 35 nitrogen and oxygen atoms in total. The number of nitriles is 3. The average Bonchev–Trinajstić information content (AvgIpc) is 1.57. The number of methoxy groups -OCH3 is 4. The molecule has 56 heteroatoms. The van der Waals surface area contributed by atoms with E-state index in [9.17, 15) is 68.1 Å². The molecule has 3 aliphatic rings. The van der Waals surface area contributed by atoms with Gasteiger partial charge < -0.3 is 97.6 Å². The molecule has 3 heterocycles. The van der Waals surface area contributed by atoms with Gasteiger partial charge in [0.15, 0.2) is 29.5 Å². The van der Waals surface area contributed by atoms with Crippen LogP contribution in [0, 0.1) is 62.1 Å². The minimum absolute atomic E-state index is 0. The van der Waals surface area contributed by atoms with Gasteiger partial charge in [-0.2, -0.15) is 34.4 Å². The summed E-state index contributed by atoms with van der Waals surface area (Å²) in [5.74, 6) is -4.62. The van der Waals surface area contributed by atoms with Crippen LogP contribution in [0.15, 0.2) is 91.8 Å². The van der Waals surface area contributed by atoms with Gasteiger partial charge in [-0.3, -0.25) is 38.4 Å². The van der Waals surface area contributed by atoms with Crippen molar-refractivity contribution < 1.29 is 265 Å². The van der Waals surface area contributed by atoms with E-state index >= 15 is 0 Å². The number of alkyl halides is 3. The van der Waals surface area contributed by atoms with Gasteiger partial charge in [-0.1, -0.05) is 98.8 Å². The molecule has 3 aromatic heterocycles. The first kappa shape index (κ1) is 150. The number of nitrogens with zero attached hydrogens (tertiary/aromatic N) is 9. The third-order valence-corrected chi connectivity index (χ3v) is 19.7. The third-order valence-electron chi connectivity index (χ3n) is 18.5. The Balaban J connectivity index is -0.000000386. The van der Waals surface area contributed by atoms with Crippen LogP contribution in [0.5, 0.6) is 0 Å². The summed E-state index contributed by atoms with van der Waals surface area (Å²) in [6, 6.07) is 21.4. The number of carbonyl (C=O) groups is 12. The summed E-state index contributed by atoms with van der Waals surface area (Å²) < 4.78 is 55.8. The molecule has 3 aromatic carbocycles. The number of Topliss-reactive ketones (excluding diaryl/α,β-unsaturated/α-hetero) is 3. The van der Waals surface area contributed by atoms with Crippen molar-refractivity contribution in [1.82, 2.24) is 30.6 Å². The van der Waals surface area contributed by atoms with Crippen LogP contribution >= 0.6 is 244 Å². The average molecular weight is 3430 g/mol. The molecular formula is C83H97Cl5I9N9O26V4Y3-3. The number of aliphatic hydroxyl groups is 1. The molecule has 0 bridgehead atoms. The number of carboxylic acids is 1. The molecule has 139 heavy (non-hydrogen) atoms. The maximum absolute atomic E-state index is 13.4. The second kappa shape index (κ2) is 92.5. The van der Waals surface area contributed by atoms with Crippen molar-refractivity contribution in [2.24, 2.45) is 28.1 Å². The maximum atomic E-state index is 13.4. The summed E-state index contributed by atoms with van der Waals surface area (Å²) >= 11 is 47.9. The second-order valence-electron chi connectivity index (χ2n) is 27.3. The van der Waals surface area contributed by atoms with Gasteiger partial charge in [0.2, 0.25) is 0 Å². The Morgan fingerprint density at radius 1 is 0.446 bits per heavy atom. The molecule has 0 amide bonds. The molecule has 4 radical (unpaired) electrons. The predicted octanol–water partition coefficient (Wildman–Crippen LogP) is 22.6. The molecule has 9 rings (SSSR count). The molecule has 0 aliphatic heterocycles. The van der Waals surface area contributed by atoms with Crippen LogP contribution in [-0.4, -0.2) is 189 Å². The van der Waals surface area contributed by atoms with Gasteiger partial charge in [-0.05, 0) is 177 Å². The zero-order chi connectivity index (χ0) is 101. The number of esters is 4. The van der Waals surface area contributed by atoms with E-state index in [2.05, 4.69) is 249 Å². The van der Waals surface area contributed by atoms with Crippen LogP contribution < -0.4 is 15.3 Å². The smallest absolute Gasteiger partial charge is 0 e. The van der Waals surface area contributed by atoms with Crippen molar-refractivity contribution in [2.45, 2.75) is 141 Å². The van der Waals surface area contributed by atoms with E-state index < -0.39 is 64.5 Å². The van der Waals surface area contributed by atoms with E-state index in [1.54, 1.807) is 85.7 Å². The minimum Gasteiger partial charge on any atom is 0 e. The molecule has 2 unspecified atom stereocenters. The normalized spacial score (nSPS) is 12.1. The molecule has 6 aromatic rings. The summed E-state index contributed by atoms with van der Waals surface area (Å²) in [4.78, 5) is 139. The second-order valence-corrected chi connectivity index (χ2v) is 87.9. The number of aliphatic carboxylic acids is 1. The van der Waals surface area contributed by atoms with E-state index in [0.29, 0.717) is 150 Å². The van der Waals surface area contributed by atoms with Gasteiger partial charge in [-0.15, -0.1) is 24.0 Å². The van der Waals surface area contributed by atoms with Gasteiger partial charge in [0.25, 0.3) is 0 Å². The molecule has 0 spiro atoms. The fraction of sp³-hybridized carbons (Fsp3) is 0.494. The summed E-state index contributed by atoms with van der Waals surface area (Å²) in [5, 5.41) is 68.8. The molecule has 2 N–H and O–H groups in total. The van der Waals surface area contributed by atoms with Crippen LogP contribution in [0.25, 0.3) is 33.4 Å². The topological polar surface area (TPSA) is 508 Å². The number of unbranched alkanes of at least 4 members (excludes halogenated alkanes) is 5. The Morgan fingerprint density at radius 3 is 0.957 bits per heavy atom. The fourth-order valence-corrected chi connectivity index (χ4v) is 11.7. The first-order chi connectivity index (χ1) is 64.2. The van der Waals surface area contributed by atoms with Crippen molar-refractivity contribution in [3.05, 3.63) is 124 Å². The van der Waals surface area contributed by atoms with Gasteiger partial charge in [0.05, 0.1) is 116 Å². The van der Waals surface area contributed by atoms with Crippen molar-refractivity contribution in [3.63, 3.8) is 0 Å². The summed E-state index contributed by atoms with van der Waals surface area (Å²) in [6.45, 7) is 0.0292. The number of hydrogen-bond acceptors (Lipinski definition) is 31. The van der Waals surface area contributed by atoms with Crippen LogP contribution in [0.3, 0.4) is 0 Å². The van der Waals surface area contributed by atoms with Crippen molar-refractivity contribution in [1.29, 1.82) is 15.8 Å². The number of rotatable bonds is 42. The Bertz CT molecular complexity index is 4630. The quantitative estimate of drug-likeness (QED) is 0.00897. The van der Waals surface area contributed by atoms with E-state index in [4.69, 9.17) is 92.4 Å². The van der Waals surface area contributed by atoms with Gasteiger partial charge >= 0.3 is 218 Å². The predicted molar refractivity (Wildman–Crippen MR) is 567 cm³/mol. The van der Waals surface area contributed by atoms with Gasteiger partial charge in [0, 0.05) is 197 Å². The number of hydrogen-bond donors (Lipinski definition) is 2. The van der Waals surface area contributed by atoms with E-state index in [1.807, 2.05) is 11.0 Å². The van der Waals surface area contributed by atoms with Gasteiger partial charge in [-0.25, -0.2) is 19.2 Å². The van der Waals surface area contributed by atoms with E-state index in [-0.39, 0.29) is 280 Å². The number of carbonyl (C=O) groups excluding carboxylic acids is 11. The number of halogens is 14. The number of ether oxygens (including phenoxy) is 12.